The first kappa shape index (κ1) is 16.2. The van der Waals surface area contributed by atoms with Crippen molar-refractivity contribution in [2.45, 2.75) is 12.3 Å². The third-order valence-corrected chi connectivity index (χ3v) is 4.14. The van der Waals surface area contributed by atoms with Crippen LogP contribution in [0.1, 0.15) is 17.0 Å². The summed E-state index contributed by atoms with van der Waals surface area (Å²) in [5.74, 6) is -0.890. The van der Waals surface area contributed by atoms with Crippen LogP contribution in [0.2, 0.25) is 15.1 Å². The smallest absolute Gasteiger partial charge is 0.313 e. The summed E-state index contributed by atoms with van der Waals surface area (Å²) in [7, 11) is 1.35. The molecule has 2 rings (SSSR count). The maximum absolute atomic E-state index is 12.1. The van der Waals surface area contributed by atoms with Crippen LogP contribution in [0.25, 0.3) is 0 Å². The van der Waals surface area contributed by atoms with E-state index in [1.54, 1.807) is 24.3 Å². The van der Waals surface area contributed by atoms with Crippen molar-refractivity contribution in [1.82, 2.24) is 0 Å². The maximum Gasteiger partial charge on any atom is 0.313 e. The van der Waals surface area contributed by atoms with Gasteiger partial charge in [0, 0.05) is 15.1 Å². The van der Waals surface area contributed by atoms with Crippen LogP contribution in [-0.2, 0) is 16.0 Å². The number of hydrogen-bond acceptors (Lipinski definition) is 2. The van der Waals surface area contributed by atoms with Crippen LogP contribution in [0.3, 0.4) is 0 Å². The van der Waals surface area contributed by atoms with E-state index in [2.05, 4.69) is 0 Å². The number of carbonyl (C=O) groups excluding carboxylic acids is 1. The van der Waals surface area contributed by atoms with Crippen molar-refractivity contribution in [3.63, 3.8) is 0 Å². The predicted molar refractivity (Wildman–Crippen MR) is 86.4 cm³/mol. The second-order valence-corrected chi connectivity index (χ2v) is 5.79. The van der Waals surface area contributed by atoms with Gasteiger partial charge >= 0.3 is 5.97 Å². The number of carbonyl (C=O) groups is 1. The molecule has 0 aromatic heterocycles. The zero-order valence-electron chi connectivity index (χ0n) is 11.3. The van der Waals surface area contributed by atoms with Gasteiger partial charge in [-0.1, -0.05) is 59.1 Å². The van der Waals surface area contributed by atoms with E-state index >= 15 is 0 Å². The lowest BCUT2D eigenvalue weighted by Crippen LogP contribution is -2.17. The number of ether oxygens (including phenoxy) is 1. The van der Waals surface area contributed by atoms with Gasteiger partial charge in [-0.15, -0.1) is 0 Å². The highest BCUT2D eigenvalue weighted by Crippen LogP contribution is 2.32. The van der Waals surface area contributed by atoms with Crippen molar-refractivity contribution in [3.8, 4) is 0 Å². The van der Waals surface area contributed by atoms with Gasteiger partial charge in [0.05, 0.1) is 13.0 Å². The quantitative estimate of drug-likeness (QED) is 0.718. The molecule has 0 unspecified atom stereocenters. The molecule has 0 radical (unpaired) electrons. The molecule has 2 aromatic rings. The number of esters is 1. The Morgan fingerprint density at radius 2 is 1.81 bits per heavy atom. The van der Waals surface area contributed by atoms with Gasteiger partial charge in [0.15, 0.2) is 0 Å². The van der Waals surface area contributed by atoms with Crippen molar-refractivity contribution in [2.24, 2.45) is 0 Å². The number of hydrogen-bond donors (Lipinski definition) is 0. The van der Waals surface area contributed by atoms with E-state index in [4.69, 9.17) is 39.5 Å². The van der Waals surface area contributed by atoms with Crippen LogP contribution >= 0.6 is 34.8 Å². The molecule has 1 atom stereocenters. The average molecular weight is 344 g/mol. The molecule has 5 heteroatoms. The van der Waals surface area contributed by atoms with Crippen LogP contribution in [0.5, 0.6) is 0 Å². The van der Waals surface area contributed by atoms with Gasteiger partial charge in [0.25, 0.3) is 0 Å². The van der Waals surface area contributed by atoms with Gasteiger partial charge < -0.3 is 4.74 Å². The second-order valence-electron chi connectivity index (χ2n) is 4.54. The molecule has 0 saturated carbocycles. The standard InChI is InChI=1S/C16H13Cl3O2/c1-21-16(20)13(8-10-4-2-3-5-14(10)18)12-7-6-11(17)9-15(12)19/h2-7,9,13H,8H2,1H3/t13-/m0/s1. The van der Waals surface area contributed by atoms with Gasteiger partial charge in [-0.25, -0.2) is 0 Å². The lowest BCUT2D eigenvalue weighted by molar-refractivity contribution is -0.142. The monoisotopic (exact) mass is 342 g/mol. The fourth-order valence-corrected chi connectivity index (χ4v) is 2.88. The molecule has 0 spiro atoms. The van der Waals surface area contributed by atoms with Gasteiger partial charge in [-0.05, 0) is 35.7 Å². The van der Waals surface area contributed by atoms with E-state index in [1.807, 2.05) is 18.2 Å². The maximum atomic E-state index is 12.1. The zero-order valence-corrected chi connectivity index (χ0v) is 13.5. The van der Waals surface area contributed by atoms with E-state index in [1.165, 1.54) is 7.11 Å². The molecular formula is C16H13Cl3O2. The molecule has 0 saturated heterocycles. The molecule has 0 bridgehead atoms. The molecule has 2 nitrogen and oxygen atoms in total. The molecule has 21 heavy (non-hydrogen) atoms. The SMILES string of the molecule is COC(=O)[C@@H](Cc1ccccc1Cl)c1ccc(Cl)cc1Cl. The molecule has 0 amide bonds. The minimum atomic E-state index is -0.528. The summed E-state index contributed by atoms with van der Waals surface area (Å²) in [6, 6.07) is 12.4. The van der Waals surface area contributed by atoms with E-state index in [0.717, 1.165) is 5.56 Å². The van der Waals surface area contributed by atoms with Crippen LogP contribution in [-0.4, -0.2) is 13.1 Å². The lowest BCUT2D eigenvalue weighted by atomic mass is 9.92. The topological polar surface area (TPSA) is 26.3 Å². The molecule has 110 valence electrons. The van der Waals surface area contributed by atoms with E-state index in [-0.39, 0.29) is 5.97 Å². The average Bonchev–Trinajstić information content (AvgIpc) is 2.46. The van der Waals surface area contributed by atoms with E-state index in [9.17, 15) is 4.79 Å². The highest BCUT2D eigenvalue weighted by atomic mass is 35.5. The van der Waals surface area contributed by atoms with Crippen molar-refractivity contribution in [2.75, 3.05) is 7.11 Å². The summed E-state index contributed by atoms with van der Waals surface area (Å²) in [5.41, 5.74) is 1.54. The Labute approximate surface area is 138 Å². The Bertz CT molecular complexity index is 656. The normalized spacial score (nSPS) is 12.0. The van der Waals surface area contributed by atoms with Gasteiger partial charge in [0.2, 0.25) is 0 Å². The Hall–Kier alpha value is -1.22. The molecule has 0 fully saturated rings. The summed E-state index contributed by atoms with van der Waals surface area (Å²) in [6.07, 6.45) is 0.410. The Morgan fingerprint density at radius 3 is 2.43 bits per heavy atom. The minimum Gasteiger partial charge on any atom is -0.469 e. The highest BCUT2D eigenvalue weighted by molar-refractivity contribution is 6.35. The summed E-state index contributed by atoms with van der Waals surface area (Å²) in [6.45, 7) is 0. The molecule has 0 heterocycles. The van der Waals surface area contributed by atoms with E-state index in [0.29, 0.717) is 27.1 Å². The van der Waals surface area contributed by atoms with Crippen molar-refractivity contribution in [1.29, 1.82) is 0 Å². The third-order valence-electron chi connectivity index (χ3n) is 3.21. The number of rotatable bonds is 4. The summed E-state index contributed by atoms with van der Waals surface area (Å²) in [4.78, 5) is 12.1. The van der Waals surface area contributed by atoms with Gasteiger partial charge in [-0.3, -0.25) is 4.79 Å². The van der Waals surface area contributed by atoms with Crippen LogP contribution in [0.4, 0.5) is 0 Å². The Kier molecular flexibility index (Phi) is 5.51. The lowest BCUT2D eigenvalue weighted by Gasteiger charge is -2.17. The Balaban J connectivity index is 2.40. The summed E-state index contributed by atoms with van der Waals surface area (Å²) < 4.78 is 4.89. The minimum absolute atomic E-state index is 0.362. The summed E-state index contributed by atoms with van der Waals surface area (Å²) >= 11 is 18.3. The van der Waals surface area contributed by atoms with Crippen molar-refractivity contribution in [3.05, 3.63) is 68.7 Å². The fourth-order valence-electron chi connectivity index (χ4n) is 2.13. The van der Waals surface area contributed by atoms with Crippen molar-refractivity contribution < 1.29 is 9.53 Å². The first-order valence-electron chi connectivity index (χ1n) is 6.29. The van der Waals surface area contributed by atoms with Crippen LogP contribution < -0.4 is 0 Å². The highest BCUT2D eigenvalue weighted by Gasteiger charge is 2.25. The largest absolute Gasteiger partial charge is 0.469 e. The van der Waals surface area contributed by atoms with Crippen LogP contribution in [0, 0.1) is 0 Å². The molecule has 0 N–H and O–H groups in total. The second kappa shape index (κ2) is 7.17. The third kappa shape index (κ3) is 3.91. The number of methoxy groups -OCH3 is 1. The van der Waals surface area contributed by atoms with E-state index < -0.39 is 5.92 Å². The van der Waals surface area contributed by atoms with Crippen molar-refractivity contribution >= 4 is 40.8 Å². The molecular weight excluding hydrogens is 331 g/mol. The molecule has 0 aliphatic heterocycles. The van der Waals surface area contributed by atoms with Gasteiger partial charge in [0.1, 0.15) is 0 Å². The number of benzene rings is 2. The molecule has 0 aliphatic carbocycles. The van der Waals surface area contributed by atoms with Crippen LogP contribution in [0.15, 0.2) is 42.5 Å². The Morgan fingerprint density at radius 1 is 1.10 bits per heavy atom. The predicted octanol–water partition coefficient (Wildman–Crippen LogP) is 5.15. The first-order chi connectivity index (χ1) is 10.0. The molecule has 2 aromatic carbocycles. The fraction of sp³-hybridized carbons (Fsp3) is 0.188. The summed E-state index contributed by atoms with van der Waals surface area (Å²) in [5, 5.41) is 1.56. The zero-order chi connectivity index (χ0) is 15.4. The first-order valence-corrected chi connectivity index (χ1v) is 7.42. The molecule has 0 aliphatic rings. The van der Waals surface area contributed by atoms with Gasteiger partial charge in [-0.2, -0.15) is 0 Å². The number of halogens is 3.